The molecule has 0 aromatic carbocycles. The third-order valence-electron chi connectivity index (χ3n) is 4.74. The van der Waals surface area contributed by atoms with Gasteiger partial charge in [0, 0.05) is 19.7 Å². The summed E-state index contributed by atoms with van der Waals surface area (Å²) < 4.78 is 11.1. The van der Waals surface area contributed by atoms with Crippen molar-refractivity contribution in [3.8, 4) is 0 Å². The highest BCUT2D eigenvalue weighted by Gasteiger charge is 2.40. The Labute approximate surface area is 140 Å². The predicted molar refractivity (Wildman–Crippen MR) is 87.1 cm³/mol. The smallest absolute Gasteiger partial charge is 0.254 e. The number of carbonyl (C=O) groups is 1. The Morgan fingerprint density at radius 1 is 1.43 bits per heavy atom. The molecular formula is C16H20ClN3O3. The van der Waals surface area contributed by atoms with Crippen LogP contribution in [0.4, 0.5) is 11.5 Å². The van der Waals surface area contributed by atoms with Crippen molar-refractivity contribution >= 4 is 29.0 Å². The summed E-state index contributed by atoms with van der Waals surface area (Å²) in [4.78, 5) is 21.1. The number of amides is 1. The van der Waals surface area contributed by atoms with E-state index in [1.807, 2.05) is 6.07 Å². The fourth-order valence-electron chi connectivity index (χ4n) is 3.63. The largest absolute Gasteiger partial charge is 0.376 e. The lowest BCUT2D eigenvalue weighted by atomic mass is 10.1. The summed E-state index contributed by atoms with van der Waals surface area (Å²) in [6.07, 6.45) is 3.16. The molecule has 124 valence electrons. The molecule has 7 heteroatoms. The summed E-state index contributed by atoms with van der Waals surface area (Å²) in [7, 11) is 0. The van der Waals surface area contributed by atoms with Gasteiger partial charge in [0.15, 0.2) is 5.82 Å². The molecule has 0 radical (unpaired) electrons. The Morgan fingerprint density at radius 3 is 3.17 bits per heavy atom. The number of fused-ring (bicyclic) bond motifs is 4. The average molecular weight is 338 g/mol. The van der Waals surface area contributed by atoms with Crippen molar-refractivity contribution in [2.24, 2.45) is 0 Å². The van der Waals surface area contributed by atoms with Gasteiger partial charge in [-0.05, 0) is 31.4 Å². The third kappa shape index (κ3) is 2.91. The number of carbonyl (C=O) groups excluding carboxylic acids is 1. The fourth-order valence-corrected chi connectivity index (χ4v) is 3.77. The van der Waals surface area contributed by atoms with Crippen molar-refractivity contribution in [1.29, 1.82) is 0 Å². The minimum Gasteiger partial charge on any atom is -0.376 e. The van der Waals surface area contributed by atoms with Crippen molar-refractivity contribution in [2.45, 2.75) is 31.4 Å². The van der Waals surface area contributed by atoms with Gasteiger partial charge in [0.2, 0.25) is 0 Å². The summed E-state index contributed by atoms with van der Waals surface area (Å²) in [5, 5.41) is 0.407. The Hall–Kier alpha value is -1.37. The van der Waals surface area contributed by atoms with Crippen LogP contribution in [0.3, 0.4) is 0 Å². The van der Waals surface area contributed by atoms with E-state index in [9.17, 15) is 4.79 Å². The lowest BCUT2D eigenvalue weighted by Crippen LogP contribution is -2.48. The van der Waals surface area contributed by atoms with Gasteiger partial charge in [-0.3, -0.25) is 9.69 Å². The Balaban J connectivity index is 1.47. The number of hydrogen-bond donors (Lipinski definition) is 0. The van der Waals surface area contributed by atoms with Crippen molar-refractivity contribution in [3.63, 3.8) is 0 Å². The first-order chi connectivity index (χ1) is 11.2. The van der Waals surface area contributed by atoms with Crippen LogP contribution in [0.1, 0.15) is 19.3 Å². The molecule has 4 heterocycles. The predicted octanol–water partition coefficient (Wildman–Crippen LogP) is 1.86. The maximum Gasteiger partial charge on any atom is 0.254 e. The maximum atomic E-state index is 12.7. The van der Waals surface area contributed by atoms with Crippen LogP contribution in [0.5, 0.6) is 0 Å². The molecule has 1 aromatic rings. The molecule has 2 bridgehead atoms. The van der Waals surface area contributed by atoms with E-state index in [1.165, 1.54) is 0 Å². The second kappa shape index (κ2) is 6.26. The van der Waals surface area contributed by atoms with Crippen LogP contribution >= 0.6 is 11.6 Å². The minimum absolute atomic E-state index is 0.0504. The molecule has 1 amide bonds. The number of aromatic nitrogens is 1. The van der Waals surface area contributed by atoms with E-state index in [1.54, 1.807) is 11.0 Å². The fraction of sp³-hybridized carbons (Fsp3) is 0.625. The van der Waals surface area contributed by atoms with Crippen LogP contribution < -0.4 is 9.80 Å². The average Bonchev–Trinajstić information content (AvgIpc) is 3.18. The number of nitrogens with zero attached hydrogens (tertiary/aromatic N) is 3. The van der Waals surface area contributed by atoms with Crippen LogP contribution in [0.25, 0.3) is 0 Å². The van der Waals surface area contributed by atoms with E-state index in [4.69, 9.17) is 21.1 Å². The highest BCUT2D eigenvalue weighted by Crippen LogP contribution is 2.39. The second-order valence-corrected chi connectivity index (χ2v) is 6.67. The van der Waals surface area contributed by atoms with Gasteiger partial charge < -0.3 is 14.4 Å². The molecule has 6 nitrogen and oxygen atoms in total. The molecule has 1 unspecified atom stereocenters. The van der Waals surface area contributed by atoms with Crippen LogP contribution in [0.15, 0.2) is 12.1 Å². The van der Waals surface area contributed by atoms with Crippen molar-refractivity contribution in [3.05, 3.63) is 17.3 Å². The monoisotopic (exact) mass is 337 g/mol. The molecule has 23 heavy (non-hydrogen) atoms. The molecule has 2 fully saturated rings. The summed E-state index contributed by atoms with van der Waals surface area (Å²) in [6.45, 7) is 3.13. The molecule has 2 atom stereocenters. The van der Waals surface area contributed by atoms with Crippen molar-refractivity contribution in [1.82, 2.24) is 4.98 Å². The first kappa shape index (κ1) is 15.2. The molecule has 0 N–H and O–H groups in total. The molecule has 2 saturated heterocycles. The molecule has 0 aliphatic carbocycles. The zero-order valence-electron chi connectivity index (χ0n) is 12.9. The number of anilines is 2. The van der Waals surface area contributed by atoms with Gasteiger partial charge >= 0.3 is 0 Å². The highest BCUT2D eigenvalue weighted by atomic mass is 35.5. The summed E-state index contributed by atoms with van der Waals surface area (Å²) in [5.74, 6) is 0.613. The number of halogens is 1. The Kier molecular flexibility index (Phi) is 4.13. The van der Waals surface area contributed by atoms with Crippen LogP contribution in [0.2, 0.25) is 5.15 Å². The third-order valence-corrected chi connectivity index (χ3v) is 4.95. The molecule has 0 spiro atoms. The van der Waals surface area contributed by atoms with E-state index in [2.05, 4.69) is 9.88 Å². The zero-order valence-corrected chi connectivity index (χ0v) is 13.7. The molecular weight excluding hydrogens is 318 g/mol. The topological polar surface area (TPSA) is 54.9 Å². The first-order valence-corrected chi connectivity index (χ1v) is 8.53. The molecule has 3 aliphatic heterocycles. The summed E-state index contributed by atoms with van der Waals surface area (Å²) in [5.41, 5.74) is 0.982. The second-order valence-electron chi connectivity index (χ2n) is 6.28. The Morgan fingerprint density at radius 2 is 2.35 bits per heavy atom. The number of rotatable bonds is 4. The zero-order chi connectivity index (χ0) is 15.8. The van der Waals surface area contributed by atoms with Crippen molar-refractivity contribution in [2.75, 3.05) is 42.7 Å². The van der Waals surface area contributed by atoms with E-state index < -0.39 is 0 Å². The van der Waals surface area contributed by atoms with Gasteiger partial charge in [0.1, 0.15) is 11.8 Å². The van der Waals surface area contributed by atoms with Gasteiger partial charge in [-0.2, -0.15) is 0 Å². The highest BCUT2D eigenvalue weighted by molar-refractivity contribution is 6.29. The van der Waals surface area contributed by atoms with Crippen molar-refractivity contribution < 1.29 is 14.3 Å². The van der Waals surface area contributed by atoms with Gasteiger partial charge in [-0.25, -0.2) is 4.98 Å². The summed E-state index contributed by atoms with van der Waals surface area (Å²) >= 11 is 6.04. The number of ether oxygens (including phenoxy) is 2. The quantitative estimate of drug-likeness (QED) is 0.785. The normalized spacial score (nSPS) is 25.8. The van der Waals surface area contributed by atoms with Crippen LogP contribution in [0, 0.1) is 0 Å². The van der Waals surface area contributed by atoms with E-state index in [-0.39, 0.29) is 24.7 Å². The number of pyridine rings is 1. The first-order valence-electron chi connectivity index (χ1n) is 8.15. The number of hydrogen-bond acceptors (Lipinski definition) is 5. The van der Waals surface area contributed by atoms with Gasteiger partial charge in [0.25, 0.3) is 5.91 Å². The molecule has 3 aliphatic rings. The van der Waals surface area contributed by atoms with E-state index in [0.29, 0.717) is 17.6 Å². The summed E-state index contributed by atoms with van der Waals surface area (Å²) in [6, 6.07) is 3.88. The maximum absolute atomic E-state index is 12.7. The van der Waals surface area contributed by atoms with Crippen LogP contribution in [-0.2, 0) is 14.3 Å². The SMILES string of the molecule is O=C(COCC1CCCO1)N1c2nc(Cl)ccc2N2CC[C@H]1C2. The van der Waals surface area contributed by atoms with Gasteiger partial charge in [-0.1, -0.05) is 11.6 Å². The van der Waals surface area contributed by atoms with E-state index >= 15 is 0 Å². The molecule has 1 aromatic heterocycles. The standard InChI is InChI=1S/C16H20ClN3O3/c17-14-4-3-13-16(18-14)20(11-5-6-19(13)8-11)15(21)10-22-9-12-2-1-7-23-12/h3-4,11-12H,1-2,5-10H2/t11-,12?/m0/s1. The van der Waals surface area contributed by atoms with Gasteiger partial charge in [-0.15, -0.1) is 0 Å². The lowest BCUT2D eigenvalue weighted by Gasteiger charge is -2.35. The van der Waals surface area contributed by atoms with E-state index in [0.717, 1.165) is 44.6 Å². The minimum atomic E-state index is -0.0504. The molecule has 0 saturated carbocycles. The van der Waals surface area contributed by atoms with Gasteiger partial charge in [0.05, 0.1) is 24.4 Å². The lowest BCUT2D eigenvalue weighted by molar-refractivity contribution is -0.124. The molecule has 4 rings (SSSR count). The van der Waals surface area contributed by atoms with Crippen LogP contribution in [-0.4, -0.2) is 55.9 Å². The Bertz CT molecular complexity index is 606.